The molecular formula is C16H20N2O. The van der Waals surface area contributed by atoms with Crippen LogP contribution in [0.15, 0.2) is 18.2 Å². The molecule has 0 saturated carbocycles. The largest absolute Gasteiger partial charge is 0.368 e. The summed E-state index contributed by atoms with van der Waals surface area (Å²) in [5.41, 5.74) is 2.28. The summed E-state index contributed by atoms with van der Waals surface area (Å²) in [5, 5.41) is 9.06. The zero-order chi connectivity index (χ0) is 13.8. The summed E-state index contributed by atoms with van der Waals surface area (Å²) in [5.74, 6) is 0.0657. The lowest BCUT2D eigenvalue weighted by Gasteiger charge is -2.31. The van der Waals surface area contributed by atoms with Gasteiger partial charge >= 0.3 is 0 Å². The highest BCUT2D eigenvalue weighted by atomic mass is 16.1. The van der Waals surface area contributed by atoms with Gasteiger partial charge in [0.2, 0.25) is 0 Å². The summed E-state index contributed by atoms with van der Waals surface area (Å²) >= 11 is 0. The van der Waals surface area contributed by atoms with E-state index in [-0.39, 0.29) is 5.78 Å². The van der Waals surface area contributed by atoms with Crippen molar-refractivity contribution >= 4 is 11.5 Å². The van der Waals surface area contributed by atoms with E-state index in [4.69, 9.17) is 5.26 Å². The van der Waals surface area contributed by atoms with E-state index in [1.807, 2.05) is 6.07 Å². The summed E-state index contributed by atoms with van der Waals surface area (Å²) in [4.78, 5) is 14.1. The number of Topliss-reactive ketones (excluding diaryl/α,β-unsaturated/α-hetero) is 1. The topological polar surface area (TPSA) is 44.1 Å². The van der Waals surface area contributed by atoms with Gasteiger partial charge in [-0.25, -0.2) is 0 Å². The zero-order valence-corrected chi connectivity index (χ0v) is 11.6. The van der Waals surface area contributed by atoms with E-state index in [0.717, 1.165) is 30.6 Å². The maximum absolute atomic E-state index is 11.8. The summed E-state index contributed by atoms with van der Waals surface area (Å²) in [6.07, 6.45) is 4.78. The number of rotatable bonds is 2. The van der Waals surface area contributed by atoms with Crippen LogP contribution in [-0.2, 0) is 0 Å². The van der Waals surface area contributed by atoms with Gasteiger partial charge in [-0.3, -0.25) is 4.79 Å². The molecule has 1 aliphatic heterocycles. The molecule has 1 aromatic carbocycles. The van der Waals surface area contributed by atoms with Crippen LogP contribution in [0, 0.1) is 11.3 Å². The molecule has 0 radical (unpaired) electrons. The number of ketones is 1. The van der Waals surface area contributed by atoms with Crippen molar-refractivity contribution in [3.05, 3.63) is 29.3 Å². The Morgan fingerprint density at radius 2 is 2.16 bits per heavy atom. The molecule has 1 aromatic rings. The fraction of sp³-hybridized carbons (Fsp3) is 0.500. The number of nitriles is 1. The molecule has 0 bridgehead atoms. The van der Waals surface area contributed by atoms with Crippen molar-refractivity contribution in [2.75, 3.05) is 11.4 Å². The molecule has 3 nitrogen and oxygen atoms in total. The number of hydrogen-bond donors (Lipinski definition) is 0. The fourth-order valence-electron chi connectivity index (χ4n) is 2.77. The molecule has 0 N–H and O–H groups in total. The van der Waals surface area contributed by atoms with Crippen molar-refractivity contribution in [1.82, 2.24) is 0 Å². The average molecular weight is 256 g/mol. The molecule has 1 saturated heterocycles. The Morgan fingerprint density at radius 1 is 1.37 bits per heavy atom. The van der Waals surface area contributed by atoms with Gasteiger partial charge < -0.3 is 4.90 Å². The maximum atomic E-state index is 11.8. The highest BCUT2D eigenvalue weighted by Gasteiger charge is 2.21. The molecule has 1 fully saturated rings. The molecular weight excluding hydrogens is 236 g/mol. The summed E-state index contributed by atoms with van der Waals surface area (Å²) in [7, 11) is 0. The normalized spacial score (nSPS) is 19.6. The molecule has 1 aliphatic rings. The number of nitrogens with zero attached hydrogens (tertiary/aromatic N) is 2. The molecule has 19 heavy (non-hydrogen) atoms. The first-order chi connectivity index (χ1) is 9.13. The van der Waals surface area contributed by atoms with Gasteiger partial charge in [0, 0.05) is 23.8 Å². The first-order valence-electron chi connectivity index (χ1n) is 6.95. The Bertz CT molecular complexity index is 516. The van der Waals surface area contributed by atoms with Crippen molar-refractivity contribution in [1.29, 1.82) is 5.26 Å². The van der Waals surface area contributed by atoms with E-state index >= 15 is 0 Å². The van der Waals surface area contributed by atoms with Crippen LogP contribution in [-0.4, -0.2) is 18.4 Å². The van der Waals surface area contributed by atoms with E-state index in [0.29, 0.717) is 11.6 Å². The number of carbonyl (C=O) groups is 1. The minimum atomic E-state index is 0.0657. The second-order valence-corrected chi connectivity index (χ2v) is 5.29. The van der Waals surface area contributed by atoms with Crippen LogP contribution in [0.1, 0.15) is 55.5 Å². The summed E-state index contributed by atoms with van der Waals surface area (Å²) in [6, 6.07) is 7.96. The van der Waals surface area contributed by atoms with E-state index in [1.165, 1.54) is 12.8 Å². The Hall–Kier alpha value is -1.82. The zero-order valence-electron chi connectivity index (χ0n) is 11.6. The van der Waals surface area contributed by atoms with E-state index < -0.39 is 0 Å². The van der Waals surface area contributed by atoms with Crippen LogP contribution in [0.25, 0.3) is 0 Å². The highest BCUT2D eigenvalue weighted by Crippen LogP contribution is 2.28. The first kappa shape index (κ1) is 13.6. The molecule has 3 heteroatoms. The third kappa shape index (κ3) is 2.96. The first-order valence-corrected chi connectivity index (χ1v) is 6.95. The molecule has 1 heterocycles. The molecule has 100 valence electrons. The molecule has 0 amide bonds. The lowest BCUT2D eigenvalue weighted by molar-refractivity contribution is 0.101. The number of anilines is 1. The lowest BCUT2D eigenvalue weighted by atomic mass is 10.0. The Kier molecular flexibility index (Phi) is 4.21. The standard InChI is InChI=1S/C16H20N2O/c1-12-6-4-3-5-9-18(12)16-10-14(11-17)7-8-15(16)13(2)19/h7-8,10,12H,3-6,9H2,1-2H3. The maximum Gasteiger partial charge on any atom is 0.161 e. The van der Waals surface area contributed by atoms with Gasteiger partial charge in [0.25, 0.3) is 0 Å². The third-order valence-electron chi connectivity index (χ3n) is 3.87. The highest BCUT2D eigenvalue weighted by molar-refractivity contribution is 6.00. The number of benzene rings is 1. The van der Waals surface area contributed by atoms with Gasteiger partial charge in [-0.2, -0.15) is 5.26 Å². The molecule has 0 spiro atoms. The van der Waals surface area contributed by atoms with Crippen LogP contribution < -0.4 is 4.90 Å². The predicted molar refractivity (Wildman–Crippen MR) is 76.4 cm³/mol. The van der Waals surface area contributed by atoms with Gasteiger partial charge in [0.05, 0.1) is 11.6 Å². The fourth-order valence-corrected chi connectivity index (χ4v) is 2.77. The third-order valence-corrected chi connectivity index (χ3v) is 3.87. The van der Waals surface area contributed by atoms with Gasteiger partial charge in [0.15, 0.2) is 5.78 Å². The predicted octanol–water partition coefficient (Wildman–Crippen LogP) is 3.53. The molecule has 1 unspecified atom stereocenters. The monoisotopic (exact) mass is 256 g/mol. The lowest BCUT2D eigenvalue weighted by Crippen LogP contribution is -2.33. The summed E-state index contributed by atoms with van der Waals surface area (Å²) < 4.78 is 0. The number of hydrogen-bond acceptors (Lipinski definition) is 3. The van der Waals surface area contributed by atoms with Gasteiger partial charge in [-0.1, -0.05) is 12.8 Å². The molecule has 0 aromatic heterocycles. The quantitative estimate of drug-likeness (QED) is 0.760. The van der Waals surface area contributed by atoms with Crippen molar-refractivity contribution in [3.63, 3.8) is 0 Å². The van der Waals surface area contributed by atoms with Crippen LogP contribution in [0.3, 0.4) is 0 Å². The van der Waals surface area contributed by atoms with Gasteiger partial charge in [-0.15, -0.1) is 0 Å². The minimum Gasteiger partial charge on any atom is -0.368 e. The van der Waals surface area contributed by atoms with E-state index in [9.17, 15) is 4.79 Å². The van der Waals surface area contributed by atoms with Crippen molar-refractivity contribution < 1.29 is 4.79 Å². The second-order valence-electron chi connectivity index (χ2n) is 5.29. The van der Waals surface area contributed by atoms with Crippen LogP contribution in [0.2, 0.25) is 0 Å². The van der Waals surface area contributed by atoms with Crippen LogP contribution in [0.4, 0.5) is 5.69 Å². The van der Waals surface area contributed by atoms with E-state index in [2.05, 4.69) is 17.9 Å². The summed E-state index contributed by atoms with van der Waals surface area (Å²) in [6.45, 7) is 4.76. The van der Waals surface area contributed by atoms with Gasteiger partial charge in [-0.05, 0) is 44.9 Å². The molecule has 2 rings (SSSR count). The second kappa shape index (κ2) is 5.88. The van der Waals surface area contributed by atoms with Crippen LogP contribution in [0.5, 0.6) is 0 Å². The van der Waals surface area contributed by atoms with Crippen molar-refractivity contribution in [2.24, 2.45) is 0 Å². The van der Waals surface area contributed by atoms with E-state index in [1.54, 1.807) is 19.1 Å². The molecule has 1 atom stereocenters. The Labute approximate surface area is 114 Å². The SMILES string of the molecule is CC(=O)c1ccc(C#N)cc1N1CCCCCC1C. The minimum absolute atomic E-state index is 0.0657. The number of carbonyl (C=O) groups excluding carboxylic acids is 1. The smallest absolute Gasteiger partial charge is 0.161 e. The molecule has 0 aliphatic carbocycles. The Morgan fingerprint density at radius 3 is 2.84 bits per heavy atom. The average Bonchev–Trinajstić information content (AvgIpc) is 2.62. The van der Waals surface area contributed by atoms with Crippen molar-refractivity contribution in [3.8, 4) is 6.07 Å². The Balaban J connectivity index is 2.45. The van der Waals surface area contributed by atoms with Gasteiger partial charge in [0.1, 0.15) is 0 Å². The van der Waals surface area contributed by atoms with Crippen LogP contribution >= 0.6 is 0 Å². The van der Waals surface area contributed by atoms with Crippen molar-refractivity contribution in [2.45, 2.75) is 45.6 Å².